The largest absolute Gasteiger partial charge is 0.467 e. The number of nitrogens with two attached hydrogens (primary N) is 1. The smallest absolute Gasteiger partial charge is 0.333 e. The summed E-state index contributed by atoms with van der Waals surface area (Å²) in [5, 5.41) is 4.29. The lowest BCUT2D eigenvalue weighted by atomic mass is 10.0. The van der Waals surface area contributed by atoms with E-state index in [2.05, 4.69) is 17.2 Å². The number of ether oxygens (including phenoxy) is 1. The Morgan fingerprint density at radius 2 is 1.95 bits per heavy atom. The maximum atomic E-state index is 11.8. The molecule has 0 saturated heterocycles. The van der Waals surface area contributed by atoms with Gasteiger partial charge < -0.3 is 10.5 Å². The van der Waals surface area contributed by atoms with Crippen LogP contribution in [0.5, 0.6) is 0 Å². The summed E-state index contributed by atoms with van der Waals surface area (Å²) in [6, 6.07) is 8.20. The normalized spacial score (nSPS) is 11.4. The number of nitrogens with zero attached hydrogens (tertiary/aromatic N) is 2. The SMILES string of the molecule is COC(=O)C(C)(C)n1cc(-c2ccc(CCN)cc2)cn1. The molecule has 0 aliphatic rings. The second kappa shape index (κ2) is 6.10. The van der Waals surface area contributed by atoms with Crippen LogP contribution < -0.4 is 5.73 Å². The molecule has 112 valence electrons. The fourth-order valence-electron chi connectivity index (χ4n) is 2.15. The van der Waals surface area contributed by atoms with E-state index in [1.807, 2.05) is 18.3 Å². The maximum absolute atomic E-state index is 11.8. The molecular weight excluding hydrogens is 266 g/mol. The van der Waals surface area contributed by atoms with Crippen LogP contribution in [0, 0.1) is 0 Å². The minimum Gasteiger partial charge on any atom is -0.467 e. The highest BCUT2D eigenvalue weighted by molar-refractivity contribution is 5.77. The third-order valence-corrected chi connectivity index (χ3v) is 3.56. The predicted molar refractivity (Wildman–Crippen MR) is 81.8 cm³/mol. The fourth-order valence-corrected chi connectivity index (χ4v) is 2.15. The molecule has 0 radical (unpaired) electrons. The fraction of sp³-hybridized carbons (Fsp3) is 0.375. The van der Waals surface area contributed by atoms with Gasteiger partial charge in [-0.05, 0) is 37.9 Å². The van der Waals surface area contributed by atoms with Crippen LogP contribution in [0.25, 0.3) is 11.1 Å². The van der Waals surface area contributed by atoms with Crippen molar-refractivity contribution in [3.63, 3.8) is 0 Å². The van der Waals surface area contributed by atoms with Gasteiger partial charge in [0, 0.05) is 11.8 Å². The summed E-state index contributed by atoms with van der Waals surface area (Å²) >= 11 is 0. The maximum Gasteiger partial charge on any atom is 0.333 e. The van der Waals surface area contributed by atoms with E-state index in [0.29, 0.717) is 6.54 Å². The number of hydrogen-bond donors (Lipinski definition) is 1. The van der Waals surface area contributed by atoms with E-state index in [9.17, 15) is 4.79 Å². The van der Waals surface area contributed by atoms with E-state index in [0.717, 1.165) is 17.5 Å². The number of methoxy groups -OCH3 is 1. The minimum absolute atomic E-state index is 0.324. The second-order valence-corrected chi connectivity index (χ2v) is 5.46. The van der Waals surface area contributed by atoms with Gasteiger partial charge in [-0.3, -0.25) is 4.68 Å². The monoisotopic (exact) mass is 287 g/mol. The Morgan fingerprint density at radius 1 is 1.29 bits per heavy atom. The minimum atomic E-state index is -0.827. The number of rotatable bonds is 5. The van der Waals surface area contributed by atoms with Gasteiger partial charge in [0.25, 0.3) is 0 Å². The number of benzene rings is 1. The molecule has 2 aromatic rings. The van der Waals surface area contributed by atoms with Crippen molar-refractivity contribution in [3.05, 3.63) is 42.2 Å². The summed E-state index contributed by atoms with van der Waals surface area (Å²) < 4.78 is 6.44. The molecule has 0 aliphatic carbocycles. The Hall–Kier alpha value is -2.14. The molecule has 0 aliphatic heterocycles. The first kappa shape index (κ1) is 15.3. The number of carbonyl (C=O) groups excluding carboxylic acids is 1. The van der Waals surface area contributed by atoms with Crippen molar-refractivity contribution in [1.29, 1.82) is 0 Å². The Labute approximate surface area is 124 Å². The number of esters is 1. The Morgan fingerprint density at radius 3 is 2.52 bits per heavy atom. The third-order valence-electron chi connectivity index (χ3n) is 3.56. The van der Waals surface area contributed by atoms with Crippen molar-refractivity contribution in [3.8, 4) is 11.1 Å². The van der Waals surface area contributed by atoms with Crippen molar-refractivity contribution < 1.29 is 9.53 Å². The predicted octanol–water partition coefficient (Wildman–Crippen LogP) is 1.96. The summed E-state index contributed by atoms with van der Waals surface area (Å²) in [7, 11) is 1.38. The van der Waals surface area contributed by atoms with Gasteiger partial charge in [0.05, 0.1) is 13.3 Å². The molecule has 21 heavy (non-hydrogen) atoms. The molecule has 1 heterocycles. The van der Waals surface area contributed by atoms with Gasteiger partial charge in [0.2, 0.25) is 0 Å². The van der Waals surface area contributed by atoms with Crippen LogP contribution in [-0.4, -0.2) is 29.4 Å². The van der Waals surface area contributed by atoms with Crippen molar-refractivity contribution in [2.45, 2.75) is 25.8 Å². The highest BCUT2D eigenvalue weighted by atomic mass is 16.5. The van der Waals surface area contributed by atoms with Crippen molar-refractivity contribution >= 4 is 5.97 Å². The zero-order valence-corrected chi connectivity index (χ0v) is 12.7. The molecule has 2 N–H and O–H groups in total. The van der Waals surface area contributed by atoms with E-state index < -0.39 is 5.54 Å². The Balaban J connectivity index is 2.25. The molecule has 0 spiro atoms. The second-order valence-electron chi connectivity index (χ2n) is 5.46. The van der Waals surface area contributed by atoms with Gasteiger partial charge >= 0.3 is 5.97 Å². The number of hydrogen-bond acceptors (Lipinski definition) is 4. The summed E-state index contributed by atoms with van der Waals surface area (Å²) in [4.78, 5) is 11.8. The zero-order chi connectivity index (χ0) is 15.5. The Kier molecular flexibility index (Phi) is 4.43. The molecule has 0 amide bonds. The third kappa shape index (κ3) is 3.13. The lowest BCUT2D eigenvalue weighted by molar-refractivity contribution is -0.150. The van der Waals surface area contributed by atoms with Crippen LogP contribution >= 0.6 is 0 Å². The van der Waals surface area contributed by atoms with Gasteiger partial charge in [0.15, 0.2) is 5.54 Å². The van der Waals surface area contributed by atoms with E-state index in [1.54, 1.807) is 24.7 Å². The molecular formula is C16H21N3O2. The molecule has 0 unspecified atom stereocenters. The topological polar surface area (TPSA) is 70.1 Å². The highest BCUT2D eigenvalue weighted by Gasteiger charge is 2.31. The summed E-state index contributed by atoms with van der Waals surface area (Å²) in [6.07, 6.45) is 4.48. The molecule has 5 heteroatoms. The Bertz CT molecular complexity index is 615. The molecule has 5 nitrogen and oxygen atoms in total. The van der Waals surface area contributed by atoms with Gasteiger partial charge in [-0.15, -0.1) is 0 Å². The number of aromatic nitrogens is 2. The summed E-state index contributed by atoms with van der Waals surface area (Å²) in [6.45, 7) is 4.20. The van der Waals surface area contributed by atoms with Crippen LogP contribution in [0.3, 0.4) is 0 Å². The number of carbonyl (C=O) groups is 1. The average Bonchev–Trinajstić information content (AvgIpc) is 2.98. The van der Waals surface area contributed by atoms with Gasteiger partial charge in [0.1, 0.15) is 0 Å². The molecule has 1 aromatic carbocycles. The van der Waals surface area contributed by atoms with Gasteiger partial charge in [-0.25, -0.2) is 4.79 Å². The highest BCUT2D eigenvalue weighted by Crippen LogP contribution is 2.23. The van der Waals surface area contributed by atoms with Crippen molar-refractivity contribution in [2.24, 2.45) is 5.73 Å². The van der Waals surface area contributed by atoms with Crippen LogP contribution in [-0.2, 0) is 21.5 Å². The average molecular weight is 287 g/mol. The van der Waals surface area contributed by atoms with Gasteiger partial charge in [-0.2, -0.15) is 5.10 Å². The van der Waals surface area contributed by atoms with E-state index in [1.165, 1.54) is 12.7 Å². The standard InChI is InChI=1S/C16H21N3O2/c1-16(2,15(20)21-3)19-11-14(10-18-19)13-6-4-12(5-7-13)8-9-17/h4-7,10-11H,8-9,17H2,1-3H3. The quantitative estimate of drug-likeness (QED) is 0.853. The molecule has 2 rings (SSSR count). The molecule has 1 aromatic heterocycles. The molecule has 0 fully saturated rings. The lowest BCUT2D eigenvalue weighted by Crippen LogP contribution is -2.37. The van der Waals surface area contributed by atoms with E-state index in [-0.39, 0.29) is 5.97 Å². The lowest BCUT2D eigenvalue weighted by Gasteiger charge is -2.21. The van der Waals surface area contributed by atoms with Crippen LogP contribution in [0.15, 0.2) is 36.7 Å². The van der Waals surface area contributed by atoms with Crippen LogP contribution in [0.1, 0.15) is 19.4 Å². The molecule has 0 atom stereocenters. The van der Waals surface area contributed by atoms with Crippen molar-refractivity contribution in [1.82, 2.24) is 9.78 Å². The summed E-state index contributed by atoms with van der Waals surface area (Å²) in [5.41, 5.74) is 7.95. The first-order valence-electron chi connectivity index (χ1n) is 6.92. The van der Waals surface area contributed by atoms with Crippen LogP contribution in [0.4, 0.5) is 0 Å². The van der Waals surface area contributed by atoms with Crippen LogP contribution in [0.2, 0.25) is 0 Å². The molecule has 0 saturated carbocycles. The molecule has 0 bridgehead atoms. The van der Waals surface area contributed by atoms with E-state index in [4.69, 9.17) is 10.5 Å². The van der Waals surface area contributed by atoms with E-state index >= 15 is 0 Å². The van der Waals surface area contributed by atoms with Crippen molar-refractivity contribution in [2.75, 3.05) is 13.7 Å². The van der Waals surface area contributed by atoms with Gasteiger partial charge in [-0.1, -0.05) is 24.3 Å². The first-order valence-corrected chi connectivity index (χ1v) is 6.92. The zero-order valence-electron chi connectivity index (χ0n) is 12.7. The summed E-state index contributed by atoms with van der Waals surface area (Å²) in [5.74, 6) is -0.324. The first-order chi connectivity index (χ1) is 9.98.